The summed E-state index contributed by atoms with van der Waals surface area (Å²) in [6.07, 6.45) is 16.9. The largest absolute Gasteiger partial charge is 0.0651 e. The first-order valence-electron chi connectivity index (χ1n) is 11.0. The Labute approximate surface area is 145 Å². The molecule has 4 aliphatic rings. The fraction of sp³-hybridized carbons (Fsp3) is 1.00. The molecule has 0 bridgehead atoms. The van der Waals surface area contributed by atoms with Gasteiger partial charge in [0, 0.05) is 0 Å². The van der Waals surface area contributed by atoms with Gasteiger partial charge in [-0.25, -0.2) is 0 Å². The molecule has 0 heterocycles. The van der Waals surface area contributed by atoms with E-state index < -0.39 is 0 Å². The lowest BCUT2D eigenvalue weighted by atomic mass is 9.45. The second-order valence-electron chi connectivity index (χ2n) is 10.6. The van der Waals surface area contributed by atoms with Crippen molar-refractivity contribution in [3.8, 4) is 0 Å². The second-order valence-corrected chi connectivity index (χ2v) is 10.6. The molecule has 0 spiro atoms. The van der Waals surface area contributed by atoms with Gasteiger partial charge < -0.3 is 0 Å². The van der Waals surface area contributed by atoms with Crippen molar-refractivity contribution < 1.29 is 0 Å². The maximum absolute atomic E-state index is 2.73. The maximum atomic E-state index is 2.73. The number of fused-ring (bicyclic) bond motifs is 4. The smallest absolute Gasteiger partial charge is 0.0264 e. The van der Waals surface area contributed by atoms with E-state index in [0.717, 1.165) is 35.5 Å². The average molecular weight is 317 g/mol. The third-order valence-corrected chi connectivity index (χ3v) is 9.94. The molecule has 0 heteroatoms. The number of hydrogen-bond donors (Lipinski definition) is 0. The average Bonchev–Trinajstić information content (AvgIpc) is 2.88. The van der Waals surface area contributed by atoms with Crippen LogP contribution in [0.25, 0.3) is 0 Å². The van der Waals surface area contributed by atoms with Crippen LogP contribution in [-0.4, -0.2) is 0 Å². The van der Waals surface area contributed by atoms with Gasteiger partial charge in [-0.15, -0.1) is 0 Å². The van der Waals surface area contributed by atoms with E-state index in [1.807, 2.05) is 0 Å². The zero-order valence-corrected chi connectivity index (χ0v) is 16.2. The summed E-state index contributed by atoms with van der Waals surface area (Å²) in [5.74, 6) is 6.24. The molecule has 3 unspecified atom stereocenters. The van der Waals surface area contributed by atoms with E-state index in [1.54, 1.807) is 44.9 Å². The first-order valence-corrected chi connectivity index (χ1v) is 11.0. The molecule has 0 nitrogen and oxygen atoms in total. The van der Waals surface area contributed by atoms with Gasteiger partial charge in [0.05, 0.1) is 0 Å². The molecule has 0 aromatic heterocycles. The van der Waals surface area contributed by atoms with Crippen LogP contribution in [0.3, 0.4) is 0 Å². The Morgan fingerprint density at radius 2 is 1.70 bits per heavy atom. The van der Waals surface area contributed by atoms with Gasteiger partial charge >= 0.3 is 0 Å². The fourth-order valence-corrected chi connectivity index (χ4v) is 8.34. The molecule has 0 aromatic rings. The highest BCUT2D eigenvalue weighted by Gasteiger charge is 2.59. The summed E-state index contributed by atoms with van der Waals surface area (Å²) in [6.45, 7) is 10.4. The van der Waals surface area contributed by atoms with E-state index in [0.29, 0.717) is 10.8 Å². The van der Waals surface area contributed by atoms with Gasteiger partial charge in [0.15, 0.2) is 0 Å². The summed E-state index contributed by atoms with van der Waals surface area (Å²) < 4.78 is 0. The van der Waals surface area contributed by atoms with E-state index in [2.05, 4.69) is 27.7 Å². The molecule has 0 N–H and O–H groups in total. The lowest BCUT2D eigenvalue weighted by Gasteiger charge is -2.60. The van der Waals surface area contributed by atoms with E-state index in [1.165, 1.54) is 25.7 Å². The van der Waals surface area contributed by atoms with Crippen LogP contribution in [-0.2, 0) is 0 Å². The first kappa shape index (κ1) is 16.5. The Kier molecular flexibility index (Phi) is 4.13. The van der Waals surface area contributed by atoms with Crippen molar-refractivity contribution in [1.29, 1.82) is 0 Å². The van der Waals surface area contributed by atoms with Crippen LogP contribution in [0.5, 0.6) is 0 Å². The maximum Gasteiger partial charge on any atom is -0.0264 e. The predicted octanol–water partition coefficient (Wildman–Crippen LogP) is 7.08. The molecular formula is C23H40. The minimum absolute atomic E-state index is 0.680. The summed E-state index contributed by atoms with van der Waals surface area (Å²) in [6, 6.07) is 0. The molecule has 0 amide bonds. The van der Waals surface area contributed by atoms with Gasteiger partial charge in [0.1, 0.15) is 0 Å². The monoisotopic (exact) mass is 316 g/mol. The van der Waals surface area contributed by atoms with Crippen molar-refractivity contribution in [1.82, 2.24) is 0 Å². The van der Waals surface area contributed by atoms with Gasteiger partial charge in [-0.3, -0.25) is 0 Å². The van der Waals surface area contributed by atoms with Crippen molar-refractivity contribution >= 4 is 0 Å². The van der Waals surface area contributed by atoms with Crippen LogP contribution < -0.4 is 0 Å². The summed E-state index contributed by atoms with van der Waals surface area (Å²) in [4.78, 5) is 0. The van der Waals surface area contributed by atoms with Crippen LogP contribution >= 0.6 is 0 Å². The zero-order chi connectivity index (χ0) is 16.2. The SMILES string of the molecule is CC[C@@H](C)C1CC[C@@H]2CC3CC[C@@H]4CCCC[C@]4(C)C3C[C@]12C. The third-order valence-electron chi connectivity index (χ3n) is 9.94. The van der Waals surface area contributed by atoms with Crippen LogP contribution in [0.4, 0.5) is 0 Å². The van der Waals surface area contributed by atoms with Crippen LogP contribution in [0, 0.1) is 46.3 Å². The van der Waals surface area contributed by atoms with E-state index in [-0.39, 0.29) is 0 Å². The minimum atomic E-state index is 0.680. The highest BCUT2D eigenvalue weighted by atomic mass is 14.6. The quantitative estimate of drug-likeness (QED) is 0.510. The Bertz CT molecular complexity index is 439. The zero-order valence-electron chi connectivity index (χ0n) is 16.2. The lowest BCUT2D eigenvalue weighted by Crippen LogP contribution is -2.52. The van der Waals surface area contributed by atoms with Gasteiger partial charge in [-0.1, -0.05) is 47.0 Å². The van der Waals surface area contributed by atoms with Crippen LogP contribution in [0.2, 0.25) is 0 Å². The Hall–Kier alpha value is 0. The Balaban J connectivity index is 1.62. The van der Waals surface area contributed by atoms with Crippen molar-refractivity contribution in [3.63, 3.8) is 0 Å². The molecule has 0 aromatic carbocycles. The molecule has 0 saturated heterocycles. The summed E-state index contributed by atoms with van der Waals surface area (Å²) in [7, 11) is 0. The first-order chi connectivity index (χ1) is 11.0. The molecule has 8 atom stereocenters. The molecular weight excluding hydrogens is 276 g/mol. The minimum Gasteiger partial charge on any atom is -0.0651 e. The molecule has 4 saturated carbocycles. The number of rotatable bonds is 2. The van der Waals surface area contributed by atoms with E-state index in [4.69, 9.17) is 0 Å². The van der Waals surface area contributed by atoms with Crippen LogP contribution in [0.15, 0.2) is 0 Å². The van der Waals surface area contributed by atoms with Gasteiger partial charge in [-0.2, -0.15) is 0 Å². The van der Waals surface area contributed by atoms with Crippen LogP contribution in [0.1, 0.15) is 98.3 Å². The Morgan fingerprint density at radius 1 is 0.913 bits per heavy atom. The van der Waals surface area contributed by atoms with Gasteiger partial charge in [0.25, 0.3) is 0 Å². The molecule has 4 aliphatic carbocycles. The standard InChI is InChI=1S/C23H40/c1-5-16(2)20-12-11-19-14-17-9-10-18-8-6-7-13-22(18,3)21(17)15-23(19,20)4/h16-21H,5-15H2,1-4H3/t16-,17?,18+,19-,20?,21?,22+,23+/m1/s1. The summed E-state index contributed by atoms with van der Waals surface area (Å²) in [5, 5.41) is 0. The van der Waals surface area contributed by atoms with Crippen molar-refractivity contribution in [2.45, 2.75) is 98.3 Å². The van der Waals surface area contributed by atoms with Gasteiger partial charge in [0.2, 0.25) is 0 Å². The van der Waals surface area contributed by atoms with Crippen molar-refractivity contribution in [2.24, 2.45) is 46.3 Å². The topological polar surface area (TPSA) is 0 Å². The molecule has 132 valence electrons. The normalized spacial score (nSPS) is 54.0. The molecule has 23 heavy (non-hydrogen) atoms. The van der Waals surface area contributed by atoms with Gasteiger partial charge in [-0.05, 0) is 97.7 Å². The fourth-order valence-electron chi connectivity index (χ4n) is 8.34. The molecule has 0 radical (unpaired) electrons. The van der Waals surface area contributed by atoms with Crippen molar-refractivity contribution in [3.05, 3.63) is 0 Å². The van der Waals surface area contributed by atoms with Crippen molar-refractivity contribution in [2.75, 3.05) is 0 Å². The summed E-state index contributed by atoms with van der Waals surface area (Å²) >= 11 is 0. The van der Waals surface area contributed by atoms with E-state index >= 15 is 0 Å². The molecule has 4 rings (SSSR count). The highest BCUT2D eigenvalue weighted by molar-refractivity contribution is 5.08. The lowest BCUT2D eigenvalue weighted by molar-refractivity contribution is -0.109. The molecule has 0 aliphatic heterocycles. The third kappa shape index (κ3) is 2.36. The molecule has 4 fully saturated rings. The Morgan fingerprint density at radius 3 is 2.48 bits per heavy atom. The number of hydrogen-bond acceptors (Lipinski definition) is 0. The second kappa shape index (κ2) is 5.77. The van der Waals surface area contributed by atoms with E-state index in [9.17, 15) is 0 Å². The summed E-state index contributed by atoms with van der Waals surface area (Å²) in [5.41, 5.74) is 1.39. The predicted molar refractivity (Wildman–Crippen MR) is 99.3 cm³/mol. The highest BCUT2D eigenvalue weighted by Crippen LogP contribution is 2.67.